The lowest BCUT2D eigenvalue weighted by atomic mass is 10.2. The van der Waals surface area contributed by atoms with Crippen LogP contribution < -0.4 is 10.2 Å². The van der Waals surface area contributed by atoms with Crippen LogP contribution in [0.5, 0.6) is 0 Å². The van der Waals surface area contributed by atoms with Crippen molar-refractivity contribution in [2.75, 3.05) is 42.9 Å². The quantitative estimate of drug-likeness (QED) is 0.483. The molecule has 5 rings (SSSR count). The normalized spacial score (nSPS) is 14.9. The highest BCUT2D eigenvalue weighted by Crippen LogP contribution is 2.22. The van der Waals surface area contributed by atoms with Crippen molar-refractivity contribution >= 4 is 17.5 Å². The fourth-order valence-electron chi connectivity index (χ4n) is 3.70. The topological polar surface area (TPSA) is 101 Å². The van der Waals surface area contributed by atoms with Gasteiger partial charge < -0.3 is 14.6 Å². The monoisotopic (exact) mass is 419 g/mol. The number of anilines is 2. The lowest BCUT2D eigenvalue weighted by Crippen LogP contribution is -2.46. The van der Waals surface area contributed by atoms with Crippen molar-refractivity contribution < 1.29 is 4.42 Å². The smallest absolute Gasteiger partial charge is 0.225 e. The highest BCUT2D eigenvalue weighted by molar-refractivity contribution is 5.58. The van der Waals surface area contributed by atoms with Gasteiger partial charge in [0, 0.05) is 63.4 Å². The number of nitrogens with one attached hydrogen (secondary N) is 1. The number of aromatic nitrogens is 6. The van der Waals surface area contributed by atoms with Crippen molar-refractivity contribution in [1.82, 2.24) is 34.4 Å². The Morgan fingerprint density at radius 1 is 1.06 bits per heavy atom. The van der Waals surface area contributed by atoms with Gasteiger partial charge in [-0.1, -0.05) is 6.92 Å². The zero-order chi connectivity index (χ0) is 21.0. The molecule has 0 atom stereocenters. The summed E-state index contributed by atoms with van der Waals surface area (Å²) < 4.78 is 7.30. The second-order valence-electron chi connectivity index (χ2n) is 7.49. The SMILES string of the molecule is CCCNc1ncc(CN2CCN(c3ncccn3)CC2)c2nc(-c3ccco3)nn12. The summed E-state index contributed by atoms with van der Waals surface area (Å²) in [5.74, 6) is 2.69. The Hall–Kier alpha value is -3.53. The minimum Gasteiger partial charge on any atom is -0.461 e. The molecule has 0 spiro atoms. The molecule has 0 saturated carbocycles. The summed E-state index contributed by atoms with van der Waals surface area (Å²) in [6.07, 6.45) is 8.10. The summed E-state index contributed by atoms with van der Waals surface area (Å²) in [7, 11) is 0. The largest absolute Gasteiger partial charge is 0.461 e. The molecule has 10 heteroatoms. The van der Waals surface area contributed by atoms with Crippen molar-refractivity contribution in [1.29, 1.82) is 0 Å². The first-order valence-electron chi connectivity index (χ1n) is 10.6. The maximum atomic E-state index is 5.51. The van der Waals surface area contributed by atoms with Gasteiger partial charge in [-0.3, -0.25) is 4.90 Å². The molecule has 0 bridgehead atoms. The first-order chi connectivity index (χ1) is 15.3. The zero-order valence-corrected chi connectivity index (χ0v) is 17.5. The molecule has 1 fully saturated rings. The van der Waals surface area contributed by atoms with Crippen molar-refractivity contribution in [2.45, 2.75) is 19.9 Å². The van der Waals surface area contributed by atoms with Gasteiger partial charge in [-0.15, -0.1) is 5.10 Å². The van der Waals surface area contributed by atoms with Gasteiger partial charge in [-0.05, 0) is 24.6 Å². The zero-order valence-electron chi connectivity index (χ0n) is 17.5. The lowest BCUT2D eigenvalue weighted by Gasteiger charge is -2.34. The van der Waals surface area contributed by atoms with E-state index in [1.807, 2.05) is 24.4 Å². The molecule has 31 heavy (non-hydrogen) atoms. The molecule has 160 valence electrons. The molecule has 0 aromatic carbocycles. The second kappa shape index (κ2) is 8.68. The lowest BCUT2D eigenvalue weighted by molar-refractivity contribution is 0.249. The number of hydrogen-bond acceptors (Lipinski definition) is 9. The van der Waals surface area contributed by atoms with E-state index in [9.17, 15) is 0 Å². The Morgan fingerprint density at radius 3 is 2.65 bits per heavy atom. The third kappa shape index (κ3) is 4.06. The van der Waals surface area contributed by atoms with Crippen molar-refractivity contribution in [3.63, 3.8) is 0 Å². The minimum atomic E-state index is 0.560. The Labute approximate surface area is 180 Å². The molecule has 4 aromatic heterocycles. The van der Waals surface area contributed by atoms with Gasteiger partial charge in [0.25, 0.3) is 0 Å². The van der Waals surface area contributed by atoms with E-state index in [0.717, 1.165) is 62.8 Å². The van der Waals surface area contributed by atoms with Gasteiger partial charge >= 0.3 is 0 Å². The number of fused-ring (bicyclic) bond motifs is 1. The predicted molar refractivity (Wildman–Crippen MR) is 117 cm³/mol. The Kier molecular flexibility index (Phi) is 5.44. The molecule has 0 aliphatic carbocycles. The Bertz CT molecular complexity index is 1120. The van der Waals surface area contributed by atoms with Gasteiger partial charge in [0.1, 0.15) is 0 Å². The summed E-state index contributed by atoms with van der Waals surface area (Å²) in [5.41, 5.74) is 1.84. The number of nitrogens with zero attached hydrogens (tertiary/aromatic N) is 8. The molecule has 1 N–H and O–H groups in total. The molecule has 0 amide bonds. The van der Waals surface area contributed by atoms with Crippen LogP contribution in [-0.2, 0) is 6.54 Å². The second-order valence-corrected chi connectivity index (χ2v) is 7.49. The van der Waals surface area contributed by atoms with E-state index in [0.29, 0.717) is 17.5 Å². The molecule has 1 aliphatic rings. The summed E-state index contributed by atoms with van der Waals surface area (Å²) >= 11 is 0. The summed E-state index contributed by atoms with van der Waals surface area (Å²) in [5, 5.41) is 7.99. The van der Waals surface area contributed by atoms with Crippen LogP contribution in [-0.4, -0.2) is 67.2 Å². The molecule has 0 radical (unpaired) electrons. The van der Waals surface area contributed by atoms with Crippen LogP contribution in [0, 0.1) is 0 Å². The van der Waals surface area contributed by atoms with E-state index in [1.54, 1.807) is 23.2 Å². The van der Waals surface area contributed by atoms with E-state index in [2.05, 4.69) is 42.1 Å². The fourth-order valence-corrected chi connectivity index (χ4v) is 3.70. The molecule has 1 saturated heterocycles. The van der Waals surface area contributed by atoms with Crippen LogP contribution >= 0.6 is 0 Å². The average Bonchev–Trinajstić information content (AvgIpc) is 3.50. The maximum absolute atomic E-state index is 5.51. The van der Waals surface area contributed by atoms with Crippen LogP contribution in [0.1, 0.15) is 18.9 Å². The summed E-state index contributed by atoms with van der Waals surface area (Å²) in [6, 6.07) is 5.55. The van der Waals surface area contributed by atoms with Gasteiger partial charge in [-0.25, -0.2) is 19.9 Å². The summed E-state index contributed by atoms with van der Waals surface area (Å²) in [6.45, 7) is 7.29. The van der Waals surface area contributed by atoms with Crippen molar-refractivity contribution in [3.05, 3.63) is 48.6 Å². The molecule has 0 unspecified atom stereocenters. The third-order valence-electron chi connectivity index (χ3n) is 5.31. The van der Waals surface area contributed by atoms with E-state index in [1.165, 1.54) is 0 Å². The number of furan rings is 1. The van der Waals surface area contributed by atoms with E-state index < -0.39 is 0 Å². The maximum Gasteiger partial charge on any atom is 0.225 e. The molecular weight excluding hydrogens is 394 g/mol. The highest BCUT2D eigenvalue weighted by atomic mass is 16.3. The van der Waals surface area contributed by atoms with Gasteiger partial charge in [0.15, 0.2) is 11.4 Å². The number of piperazine rings is 1. The Balaban J connectivity index is 1.37. The van der Waals surface area contributed by atoms with Crippen LogP contribution in [0.15, 0.2) is 47.5 Å². The van der Waals surface area contributed by atoms with Crippen molar-refractivity contribution in [3.8, 4) is 11.6 Å². The fraction of sp³-hybridized carbons (Fsp3) is 0.381. The van der Waals surface area contributed by atoms with Crippen LogP contribution in [0.3, 0.4) is 0 Å². The van der Waals surface area contributed by atoms with Crippen LogP contribution in [0.25, 0.3) is 17.2 Å². The van der Waals surface area contributed by atoms with Gasteiger partial charge in [-0.2, -0.15) is 4.52 Å². The first-order valence-corrected chi connectivity index (χ1v) is 10.6. The molecule has 1 aliphatic heterocycles. The highest BCUT2D eigenvalue weighted by Gasteiger charge is 2.21. The van der Waals surface area contributed by atoms with Gasteiger partial charge in [0.05, 0.1) is 6.26 Å². The average molecular weight is 419 g/mol. The summed E-state index contributed by atoms with van der Waals surface area (Å²) in [4.78, 5) is 22.7. The van der Waals surface area contributed by atoms with Crippen LogP contribution in [0.2, 0.25) is 0 Å². The number of rotatable bonds is 7. The molecule has 4 aromatic rings. The Morgan fingerprint density at radius 2 is 1.90 bits per heavy atom. The molecular formula is C21H25N9O. The van der Waals surface area contributed by atoms with Gasteiger partial charge in [0.2, 0.25) is 17.7 Å². The van der Waals surface area contributed by atoms with E-state index in [-0.39, 0.29) is 0 Å². The number of hydrogen-bond donors (Lipinski definition) is 1. The van der Waals surface area contributed by atoms with E-state index in [4.69, 9.17) is 9.40 Å². The molecule has 10 nitrogen and oxygen atoms in total. The standard InChI is InChI=1S/C21H25N9O/c1-2-6-22-21-25-14-16(19-26-18(27-30(19)21)17-5-3-13-31-17)15-28-9-11-29(12-10-28)20-23-7-4-8-24-20/h3-5,7-8,13-14H,2,6,9-12,15H2,1H3,(H,22,25). The predicted octanol–water partition coefficient (Wildman–Crippen LogP) is 2.32. The van der Waals surface area contributed by atoms with E-state index >= 15 is 0 Å². The first kappa shape index (κ1) is 19.4. The molecule has 5 heterocycles. The van der Waals surface area contributed by atoms with Crippen molar-refractivity contribution in [2.24, 2.45) is 0 Å². The van der Waals surface area contributed by atoms with Crippen LogP contribution in [0.4, 0.5) is 11.9 Å². The minimum absolute atomic E-state index is 0.560. The third-order valence-corrected chi connectivity index (χ3v) is 5.31.